The van der Waals surface area contributed by atoms with Crippen LogP contribution in [0.3, 0.4) is 0 Å². The topological polar surface area (TPSA) is 62.6 Å². The fourth-order valence-corrected chi connectivity index (χ4v) is 2.68. The number of hydrogen-bond donors (Lipinski definition) is 1. The number of nitrogens with zero attached hydrogens (tertiary/aromatic N) is 1. The van der Waals surface area contributed by atoms with Crippen molar-refractivity contribution in [1.82, 2.24) is 10.2 Å². The smallest absolute Gasteiger partial charge is 0.246 e. The third-order valence-electron chi connectivity index (χ3n) is 3.87. The van der Waals surface area contributed by atoms with E-state index < -0.39 is 12.1 Å². The summed E-state index contributed by atoms with van der Waals surface area (Å²) in [5, 5.41) is 2.87. The van der Waals surface area contributed by atoms with Crippen molar-refractivity contribution in [3.05, 3.63) is 23.7 Å². The van der Waals surface area contributed by atoms with Crippen LogP contribution in [0.15, 0.2) is 16.5 Å². The average Bonchev–Trinajstić information content (AvgIpc) is 2.78. The first-order valence-corrected chi connectivity index (χ1v) is 7.40. The van der Waals surface area contributed by atoms with Crippen LogP contribution in [0.5, 0.6) is 0 Å². The second kappa shape index (κ2) is 5.54. The molecule has 0 saturated carbocycles. The maximum atomic E-state index is 12.8. The van der Waals surface area contributed by atoms with E-state index in [1.54, 1.807) is 4.90 Å². The van der Waals surface area contributed by atoms with Crippen molar-refractivity contribution in [2.75, 3.05) is 0 Å². The van der Waals surface area contributed by atoms with Gasteiger partial charge in [0.2, 0.25) is 11.8 Å². The molecule has 1 aromatic rings. The van der Waals surface area contributed by atoms with E-state index in [1.807, 2.05) is 46.8 Å². The molecule has 2 atom stereocenters. The molecule has 21 heavy (non-hydrogen) atoms. The van der Waals surface area contributed by atoms with Crippen LogP contribution in [0, 0.1) is 12.3 Å². The van der Waals surface area contributed by atoms with Crippen LogP contribution in [0.2, 0.25) is 0 Å². The van der Waals surface area contributed by atoms with Gasteiger partial charge in [0.25, 0.3) is 0 Å². The highest BCUT2D eigenvalue weighted by Crippen LogP contribution is 2.27. The van der Waals surface area contributed by atoms with Crippen LogP contribution in [-0.4, -0.2) is 28.8 Å². The number of furan rings is 1. The molecule has 2 rings (SSSR count). The highest BCUT2D eigenvalue weighted by atomic mass is 16.3. The highest BCUT2D eigenvalue weighted by molar-refractivity contribution is 5.97. The Morgan fingerprint density at radius 2 is 1.95 bits per heavy atom. The van der Waals surface area contributed by atoms with E-state index in [1.165, 1.54) is 0 Å². The third-order valence-corrected chi connectivity index (χ3v) is 3.87. The van der Waals surface area contributed by atoms with Gasteiger partial charge in [-0.25, -0.2) is 0 Å². The second-order valence-electron chi connectivity index (χ2n) is 6.71. The minimum Gasteiger partial charge on any atom is -0.464 e. The minimum absolute atomic E-state index is 0.0389. The van der Waals surface area contributed by atoms with Gasteiger partial charge >= 0.3 is 0 Å². The average molecular weight is 292 g/mol. The maximum Gasteiger partial charge on any atom is 0.246 e. The predicted molar refractivity (Wildman–Crippen MR) is 79.5 cm³/mol. The molecule has 1 aromatic heterocycles. The summed E-state index contributed by atoms with van der Waals surface area (Å²) < 4.78 is 5.56. The van der Waals surface area contributed by atoms with Crippen LogP contribution in [0.1, 0.15) is 45.6 Å². The Bertz CT molecular complexity index is 542. The molecule has 0 bridgehead atoms. The number of carbonyl (C=O) groups is 2. The second-order valence-corrected chi connectivity index (χ2v) is 6.71. The Morgan fingerprint density at radius 3 is 2.43 bits per heavy atom. The fourth-order valence-electron chi connectivity index (χ4n) is 2.68. The van der Waals surface area contributed by atoms with Gasteiger partial charge in [-0.1, -0.05) is 27.7 Å². The first kappa shape index (κ1) is 15.6. The summed E-state index contributed by atoms with van der Waals surface area (Å²) in [6.07, 6.45) is 0.591. The molecule has 116 valence electrons. The molecule has 2 amide bonds. The van der Waals surface area contributed by atoms with Crippen molar-refractivity contribution in [1.29, 1.82) is 0 Å². The molecular formula is C16H24N2O3. The van der Waals surface area contributed by atoms with Crippen LogP contribution >= 0.6 is 0 Å². The van der Waals surface area contributed by atoms with Crippen molar-refractivity contribution in [2.24, 2.45) is 5.41 Å². The van der Waals surface area contributed by atoms with Crippen LogP contribution < -0.4 is 5.32 Å². The van der Waals surface area contributed by atoms with Crippen LogP contribution in [-0.2, 0) is 16.1 Å². The quantitative estimate of drug-likeness (QED) is 0.929. The normalized spacial score (nSPS) is 23.4. The van der Waals surface area contributed by atoms with Crippen LogP contribution in [0.4, 0.5) is 0 Å². The van der Waals surface area contributed by atoms with Gasteiger partial charge in [-0.3, -0.25) is 9.59 Å². The van der Waals surface area contributed by atoms with Gasteiger partial charge in [-0.2, -0.15) is 0 Å². The summed E-state index contributed by atoms with van der Waals surface area (Å²) in [4.78, 5) is 26.7. The first-order valence-electron chi connectivity index (χ1n) is 7.40. The monoisotopic (exact) mass is 292 g/mol. The molecule has 5 nitrogen and oxygen atoms in total. The molecule has 0 spiro atoms. The van der Waals surface area contributed by atoms with Gasteiger partial charge in [0, 0.05) is 0 Å². The summed E-state index contributed by atoms with van der Waals surface area (Å²) in [5.41, 5.74) is -0.317. The number of nitrogens with one attached hydrogen (secondary N) is 1. The zero-order valence-electron chi connectivity index (χ0n) is 13.4. The molecular weight excluding hydrogens is 268 g/mol. The van der Waals surface area contributed by atoms with Gasteiger partial charge < -0.3 is 14.6 Å². The Balaban J connectivity index is 2.28. The summed E-state index contributed by atoms with van der Waals surface area (Å²) in [6, 6.07) is 2.80. The molecule has 1 saturated heterocycles. The molecule has 0 radical (unpaired) electrons. The number of carbonyl (C=O) groups excluding carboxylic acids is 2. The third kappa shape index (κ3) is 3.12. The summed E-state index contributed by atoms with van der Waals surface area (Å²) in [7, 11) is 0. The number of amides is 2. The molecule has 2 heterocycles. The fraction of sp³-hybridized carbons (Fsp3) is 0.625. The zero-order valence-corrected chi connectivity index (χ0v) is 13.4. The van der Waals surface area contributed by atoms with E-state index in [9.17, 15) is 9.59 Å². The Morgan fingerprint density at radius 1 is 1.29 bits per heavy atom. The van der Waals surface area contributed by atoms with Gasteiger partial charge in [0.1, 0.15) is 23.6 Å². The molecule has 1 N–H and O–H groups in total. The zero-order chi connectivity index (χ0) is 15.8. The molecule has 2 unspecified atom stereocenters. The molecule has 0 aliphatic carbocycles. The maximum absolute atomic E-state index is 12.8. The number of piperazine rings is 1. The molecule has 1 aliphatic heterocycles. The number of hydrogen-bond acceptors (Lipinski definition) is 3. The van der Waals surface area contributed by atoms with E-state index in [4.69, 9.17) is 4.42 Å². The summed E-state index contributed by atoms with van der Waals surface area (Å²) in [6.45, 7) is 9.98. The van der Waals surface area contributed by atoms with E-state index >= 15 is 0 Å². The minimum atomic E-state index is -0.496. The van der Waals surface area contributed by atoms with E-state index in [-0.39, 0.29) is 17.2 Å². The Hall–Kier alpha value is -1.78. The lowest BCUT2D eigenvalue weighted by molar-refractivity contribution is -0.153. The largest absolute Gasteiger partial charge is 0.464 e. The summed E-state index contributed by atoms with van der Waals surface area (Å²) in [5.74, 6) is 1.39. The number of rotatable bonds is 3. The highest BCUT2D eigenvalue weighted by Gasteiger charge is 2.44. The predicted octanol–water partition coefficient (Wildman–Crippen LogP) is 2.24. The van der Waals surface area contributed by atoms with Gasteiger partial charge in [-0.15, -0.1) is 0 Å². The SMILES string of the molecule is CCC1C(=O)NC(C(C)(C)C)C(=O)N1Cc1ccc(C)o1. The van der Waals surface area contributed by atoms with Crippen molar-refractivity contribution in [3.63, 3.8) is 0 Å². The van der Waals surface area contributed by atoms with Gasteiger partial charge in [-0.05, 0) is 30.9 Å². The van der Waals surface area contributed by atoms with Crippen molar-refractivity contribution >= 4 is 11.8 Å². The lowest BCUT2D eigenvalue weighted by Gasteiger charge is -2.42. The number of aryl methyl sites for hydroxylation is 1. The van der Waals surface area contributed by atoms with Crippen molar-refractivity contribution in [3.8, 4) is 0 Å². The van der Waals surface area contributed by atoms with Crippen molar-refractivity contribution in [2.45, 2.75) is 59.7 Å². The van der Waals surface area contributed by atoms with Gasteiger partial charge in [0.05, 0.1) is 6.54 Å². The molecule has 1 fully saturated rings. The Labute approximate surface area is 125 Å². The van der Waals surface area contributed by atoms with Crippen molar-refractivity contribution < 1.29 is 14.0 Å². The molecule has 1 aliphatic rings. The van der Waals surface area contributed by atoms with E-state index in [0.717, 1.165) is 5.76 Å². The Kier molecular flexibility index (Phi) is 4.12. The standard InChI is InChI=1S/C16H24N2O3/c1-6-12-14(19)17-13(16(3,4)5)15(20)18(12)9-11-8-7-10(2)21-11/h7-8,12-13H,6,9H2,1-5H3,(H,17,19). The van der Waals surface area contributed by atoms with E-state index in [0.29, 0.717) is 18.7 Å². The lowest BCUT2D eigenvalue weighted by atomic mass is 9.83. The summed E-state index contributed by atoms with van der Waals surface area (Å²) >= 11 is 0. The van der Waals surface area contributed by atoms with Crippen LogP contribution in [0.25, 0.3) is 0 Å². The van der Waals surface area contributed by atoms with Gasteiger partial charge in [0.15, 0.2) is 0 Å². The lowest BCUT2D eigenvalue weighted by Crippen LogP contribution is -2.66. The molecule has 0 aromatic carbocycles. The first-order chi connectivity index (χ1) is 9.74. The van der Waals surface area contributed by atoms with E-state index in [2.05, 4.69) is 5.32 Å². The molecule has 5 heteroatoms.